The number of hydrogen-bond acceptors (Lipinski definition) is 8. The number of morpholine rings is 1. The van der Waals surface area contributed by atoms with E-state index < -0.39 is 10.0 Å². The van der Waals surface area contributed by atoms with Crippen LogP contribution >= 0.6 is 22.9 Å². The van der Waals surface area contributed by atoms with Crippen LogP contribution in [0.25, 0.3) is 10.4 Å². The number of halogens is 1. The van der Waals surface area contributed by atoms with Crippen molar-refractivity contribution in [2.24, 2.45) is 0 Å². The lowest BCUT2D eigenvalue weighted by atomic mass is 10.2. The number of nitrogens with zero attached hydrogens (tertiary/aromatic N) is 3. The molecule has 0 bridgehead atoms. The Balaban J connectivity index is 1.68. The number of rotatable bonds is 7. The molecule has 1 amide bonds. The number of carbonyl (C=O) groups is 1. The Kier molecular flexibility index (Phi) is 7.25. The number of hydrogen-bond donors (Lipinski definition) is 2. The van der Waals surface area contributed by atoms with E-state index in [9.17, 15) is 13.2 Å². The van der Waals surface area contributed by atoms with Gasteiger partial charge < -0.3 is 10.1 Å². The second-order valence-corrected chi connectivity index (χ2v) is 10.4. The number of carbonyl (C=O) groups excluding carboxylic acids is 1. The number of sulfonamides is 1. The van der Waals surface area contributed by atoms with Crippen LogP contribution in [0.4, 0.5) is 10.8 Å². The van der Waals surface area contributed by atoms with Crippen molar-refractivity contribution in [3.8, 4) is 10.4 Å². The largest absolute Gasteiger partial charge is 0.379 e. The minimum absolute atomic E-state index is 0.0274. The summed E-state index contributed by atoms with van der Waals surface area (Å²) in [6.07, 6.45) is 1.57. The van der Waals surface area contributed by atoms with Crippen LogP contribution in [0.3, 0.4) is 0 Å². The minimum atomic E-state index is -3.84. The van der Waals surface area contributed by atoms with E-state index in [1.807, 2.05) is 0 Å². The summed E-state index contributed by atoms with van der Waals surface area (Å²) in [5.74, 6) is -0.223. The third-order valence-electron chi connectivity index (χ3n) is 4.86. The van der Waals surface area contributed by atoms with Crippen molar-refractivity contribution in [2.75, 3.05) is 36.3 Å². The standard InChI is InChI=1S/C21H22ClN5O4S2/c1-14(28)24-21-25-18(13-27-7-9-31-10-8-27)19(32-21)15-11-17(20(22)23-12-15)26-33(29,30)16-5-3-2-4-6-16/h2-6,11-12,26H,7-10,13H2,1H3,(H,24,25,28). The fraction of sp³-hybridized carbons (Fsp3) is 0.286. The maximum Gasteiger partial charge on any atom is 0.261 e. The lowest BCUT2D eigenvalue weighted by Crippen LogP contribution is -2.35. The molecule has 3 heterocycles. The zero-order valence-electron chi connectivity index (χ0n) is 17.7. The summed E-state index contributed by atoms with van der Waals surface area (Å²) in [6, 6.07) is 9.64. The van der Waals surface area contributed by atoms with Gasteiger partial charge in [0.05, 0.1) is 34.4 Å². The van der Waals surface area contributed by atoms with Gasteiger partial charge in [-0.25, -0.2) is 18.4 Å². The summed E-state index contributed by atoms with van der Waals surface area (Å²) in [6.45, 7) is 4.81. The Morgan fingerprint density at radius 3 is 2.67 bits per heavy atom. The number of nitrogens with one attached hydrogen (secondary N) is 2. The van der Waals surface area contributed by atoms with Gasteiger partial charge in [0, 0.05) is 38.3 Å². The van der Waals surface area contributed by atoms with Crippen LogP contribution in [-0.4, -0.2) is 55.5 Å². The number of amides is 1. The molecule has 0 aliphatic carbocycles. The van der Waals surface area contributed by atoms with Crippen molar-refractivity contribution >= 4 is 49.7 Å². The van der Waals surface area contributed by atoms with Crippen LogP contribution in [-0.2, 0) is 26.1 Å². The zero-order chi connectivity index (χ0) is 23.4. The molecule has 4 rings (SSSR count). The summed E-state index contributed by atoms with van der Waals surface area (Å²) >= 11 is 7.51. The molecule has 3 aromatic rings. The monoisotopic (exact) mass is 507 g/mol. The molecule has 1 aliphatic rings. The summed E-state index contributed by atoms with van der Waals surface area (Å²) in [7, 11) is -3.84. The molecule has 0 spiro atoms. The van der Waals surface area contributed by atoms with E-state index in [4.69, 9.17) is 16.3 Å². The van der Waals surface area contributed by atoms with Crippen molar-refractivity contribution in [2.45, 2.75) is 18.4 Å². The number of benzene rings is 1. The highest BCUT2D eigenvalue weighted by molar-refractivity contribution is 7.92. The summed E-state index contributed by atoms with van der Waals surface area (Å²) in [5, 5.41) is 3.21. The fourth-order valence-electron chi connectivity index (χ4n) is 3.31. The van der Waals surface area contributed by atoms with Gasteiger partial charge in [-0.05, 0) is 18.2 Å². The summed E-state index contributed by atoms with van der Waals surface area (Å²) < 4.78 is 33.5. The molecule has 1 saturated heterocycles. The van der Waals surface area contributed by atoms with Gasteiger partial charge in [0.25, 0.3) is 10.0 Å². The Bertz CT molecular complexity index is 1240. The predicted molar refractivity (Wildman–Crippen MR) is 128 cm³/mol. The molecular formula is C21H22ClN5O4S2. The van der Waals surface area contributed by atoms with E-state index >= 15 is 0 Å². The second kappa shape index (κ2) is 10.1. The van der Waals surface area contributed by atoms with Gasteiger partial charge >= 0.3 is 0 Å². The lowest BCUT2D eigenvalue weighted by Gasteiger charge is -2.26. The highest BCUT2D eigenvalue weighted by Gasteiger charge is 2.21. The maximum absolute atomic E-state index is 12.8. The van der Waals surface area contributed by atoms with Crippen LogP contribution < -0.4 is 10.0 Å². The van der Waals surface area contributed by atoms with E-state index in [1.54, 1.807) is 30.5 Å². The van der Waals surface area contributed by atoms with Crippen LogP contribution in [0.15, 0.2) is 47.5 Å². The molecule has 1 aliphatic heterocycles. The minimum Gasteiger partial charge on any atom is -0.379 e. The first-order valence-electron chi connectivity index (χ1n) is 10.1. The molecule has 0 atom stereocenters. The first-order valence-corrected chi connectivity index (χ1v) is 12.8. The third-order valence-corrected chi connectivity index (χ3v) is 7.60. The SMILES string of the molecule is CC(=O)Nc1nc(CN2CCOCC2)c(-c2cnc(Cl)c(NS(=O)(=O)c3ccccc3)c2)s1. The smallest absolute Gasteiger partial charge is 0.261 e. The first kappa shape index (κ1) is 23.6. The Morgan fingerprint density at radius 1 is 1.24 bits per heavy atom. The molecule has 0 unspecified atom stereocenters. The summed E-state index contributed by atoms with van der Waals surface area (Å²) in [4.78, 5) is 23.5. The molecule has 0 saturated carbocycles. The first-order chi connectivity index (χ1) is 15.8. The molecule has 2 aromatic heterocycles. The van der Waals surface area contributed by atoms with E-state index in [0.717, 1.165) is 23.7 Å². The number of pyridine rings is 1. The molecule has 1 fully saturated rings. The molecule has 33 heavy (non-hydrogen) atoms. The van der Waals surface area contributed by atoms with E-state index in [0.29, 0.717) is 30.5 Å². The van der Waals surface area contributed by atoms with Crippen LogP contribution in [0.2, 0.25) is 5.15 Å². The van der Waals surface area contributed by atoms with E-state index in [-0.39, 0.29) is 21.6 Å². The molecular weight excluding hydrogens is 486 g/mol. The van der Waals surface area contributed by atoms with Crippen molar-refractivity contribution in [3.05, 3.63) is 53.4 Å². The number of ether oxygens (including phenoxy) is 1. The van der Waals surface area contributed by atoms with E-state index in [2.05, 4.69) is 24.9 Å². The normalized spacial score (nSPS) is 14.7. The quantitative estimate of drug-likeness (QED) is 0.471. The molecule has 9 nitrogen and oxygen atoms in total. The highest BCUT2D eigenvalue weighted by atomic mass is 35.5. The van der Waals surface area contributed by atoms with Crippen LogP contribution in [0, 0.1) is 0 Å². The topological polar surface area (TPSA) is 114 Å². The van der Waals surface area contributed by atoms with Gasteiger partial charge in [0.1, 0.15) is 0 Å². The van der Waals surface area contributed by atoms with Crippen LogP contribution in [0.5, 0.6) is 0 Å². The average Bonchev–Trinajstić information content (AvgIpc) is 3.17. The van der Waals surface area contributed by atoms with Gasteiger partial charge in [-0.2, -0.15) is 0 Å². The number of aromatic nitrogens is 2. The van der Waals surface area contributed by atoms with Gasteiger partial charge in [-0.1, -0.05) is 41.1 Å². The molecule has 1 aromatic carbocycles. The molecule has 0 radical (unpaired) electrons. The van der Waals surface area contributed by atoms with Crippen molar-refractivity contribution in [1.82, 2.24) is 14.9 Å². The fourth-order valence-corrected chi connectivity index (χ4v) is 5.59. The van der Waals surface area contributed by atoms with Gasteiger partial charge in [-0.3, -0.25) is 14.4 Å². The Morgan fingerprint density at radius 2 is 1.97 bits per heavy atom. The highest BCUT2D eigenvalue weighted by Crippen LogP contribution is 2.36. The maximum atomic E-state index is 12.8. The van der Waals surface area contributed by atoms with Crippen LogP contribution in [0.1, 0.15) is 12.6 Å². The summed E-state index contributed by atoms with van der Waals surface area (Å²) in [5.41, 5.74) is 1.55. The molecule has 174 valence electrons. The average molecular weight is 508 g/mol. The van der Waals surface area contributed by atoms with Crippen molar-refractivity contribution < 1.29 is 17.9 Å². The Hall–Kier alpha value is -2.57. The van der Waals surface area contributed by atoms with Gasteiger partial charge in [0.15, 0.2) is 10.3 Å². The van der Waals surface area contributed by atoms with Gasteiger partial charge in [-0.15, -0.1) is 0 Å². The third kappa shape index (κ3) is 5.87. The zero-order valence-corrected chi connectivity index (χ0v) is 20.1. The molecule has 12 heteroatoms. The lowest BCUT2D eigenvalue weighted by molar-refractivity contribution is -0.114. The second-order valence-electron chi connectivity index (χ2n) is 7.35. The van der Waals surface area contributed by atoms with Gasteiger partial charge in [0.2, 0.25) is 5.91 Å². The van der Waals surface area contributed by atoms with E-state index in [1.165, 1.54) is 30.4 Å². The number of anilines is 2. The van der Waals surface area contributed by atoms with Crippen molar-refractivity contribution in [1.29, 1.82) is 0 Å². The Labute approximate surface area is 200 Å². The van der Waals surface area contributed by atoms with Crippen molar-refractivity contribution in [3.63, 3.8) is 0 Å². The molecule has 2 N–H and O–H groups in total. The predicted octanol–water partition coefficient (Wildman–Crippen LogP) is 3.45. The number of thiazole rings is 1.